The molecule has 0 amide bonds. The largest absolute Gasteiger partial charge is 0.339 e. The summed E-state index contributed by atoms with van der Waals surface area (Å²) in [6.07, 6.45) is 0. The second-order valence-corrected chi connectivity index (χ2v) is 3.80. The molecule has 0 saturated carbocycles. The Labute approximate surface area is 94.3 Å². The van der Waals surface area contributed by atoms with E-state index in [4.69, 9.17) is 5.73 Å². The lowest BCUT2D eigenvalue weighted by atomic mass is 10.3. The molecule has 16 heavy (non-hydrogen) atoms. The van der Waals surface area contributed by atoms with E-state index in [1.165, 1.54) is 0 Å². The van der Waals surface area contributed by atoms with E-state index < -0.39 is 0 Å². The van der Waals surface area contributed by atoms with Crippen molar-refractivity contribution in [3.8, 4) is 0 Å². The first kappa shape index (κ1) is 10.8. The summed E-state index contributed by atoms with van der Waals surface area (Å²) in [5.74, 6) is 0.608. The van der Waals surface area contributed by atoms with Crippen molar-refractivity contribution < 1.29 is 0 Å². The molecule has 0 aliphatic carbocycles. The van der Waals surface area contributed by atoms with Crippen molar-refractivity contribution >= 4 is 17.0 Å². The molecule has 0 aliphatic heterocycles. The van der Waals surface area contributed by atoms with Crippen LogP contribution >= 0.6 is 0 Å². The van der Waals surface area contributed by atoms with Crippen LogP contribution in [0.3, 0.4) is 0 Å². The molecule has 2 N–H and O–H groups in total. The van der Waals surface area contributed by atoms with Gasteiger partial charge in [-0.1, -0.05) is 12.1 Å². The highest BCUT2D eigenvalue weighted by molar-refractivity contribution is 5.74. The Balaban J connectivity index is 2.39. The Morgan fingerprint density at radius 3 is 2.62 bits per heavy atom. The Morgan fingerprint density at radius 2 is 1.94 bits per heavy atom. The average molecular weight is 217 g/mol. The SMILES string of the molecule is CC(CN)N(C)c1nnc2ccccc2n1. The second-order valence-electron chi connectivity index (χ2n) is 3.80. The van der Waals surface area contributed by atoms with Crippen LogP contribution in [0, 0.1) is 0 Å². The van der Waals surface area contributed by atoms with Crippen LogP contribution in [0.15, 0.2) is 24.3 Å². The third kappa shape index (κ3) is 1.94. The van der Waals surface area contributed by atoms with Gasteiger partial charge in [0.1, 0.15) is 5.52 Å². The average Bonchev–Trinajstić information content (AvgIpc) is 2.36. The smallest absolute Gasteiger partial charge is 0.245 e. The number of nitrogens with two attached hydrogens (primary N) is 1. The van der Waals surface area contributed by atoms with Gasteiger partial charge in [0.15, 0.2) is 0 Å². The van der Waals surface area contributed by atoms with Crippen LogP contribution in [0.4, 0.5) is 5.95 Å². The summed E-state index contributed by atoms with van der Waals surface area (Å²) in [5, 5.41) is 8.21. The van der Waals surface area contributed by atoms with Gasteiger partial charge in [-0.15, -0.1) is 10.2 Å². The van der Waals surface area contributed by atoms with Crippen LogP contribution in [0.25, 0.3) is 11.0 Å². The Hall–Kier alpha value is -1.75. The van der Waals surface area contributed by atoms with Crippen molar-refractivity contribution in [3.63, 3.8) is 0 Å². The van der Waals surface area contributed by atoms with Gasteiger partial charge in [-0.25, -0.2) is 4.98 Å². The molecule has 0 aliphatic rings. The number of nitrogens with zero attached hydrogens (tertiary/aromatic N) is 4. The molecule has 84 valence electrons. The minimum Gasteiger partial charge on any atom is -0.339 e. The molecule has 2 rings (SSSR count). The fourth-order valence-electron chi connectivity index (χ4n) is 1.38. The van der Waals surface area contributed by atoms with E-state index in [1.54, 1.807) is 0 Å². The maximum atomic E-state index is 5.61. The molecular weight excluding hydrogens is 202 g/mol. The first-order valence-electron chi connectivity index (χ1n) is 5.24. The Morgan fingerprint density at radius 1 is 1.25 bits per heavy atom. The van der Waals surface area contributed by atoms with Gasteiger partial charge in [-0.3, -0.25) is 0 Å². The summed E-state index contributed by atoms with van der Waals surface area (Å²) in [6, 6.07) is 7.88. The van der Waals surface area contributed by atoms with Gasteiger partial charge in [-0.2, -0.15) is 0 Å². The van der Waals surface area contributed by atoms with Crippen LogP contribution in [-0.4, -0.2) is 34.8 Å². The number of anilines is 1. The molecular formula is C11H15N5. The number of hydrogen-bond donors (Lipinski definition) is 1. The predicted octanol–water partition coefficient (Wildman–Crippen LogP) is 0.808. The summed E-state index contributed by atoms with van der Waals surface area (Å²) in [6.45, 7) is 2.59. The van der Waals surface area contributed by atoms with E-state index in [0.29, 0.717) is 12.5 Å². The molecule has 1 unspecified atom stereocenters. The van der Waals surface area contributed by atoms with Crippen LogP contribution in [0.5, 0.6) is 0 Å². The van der Waals surface area contributed by atoms with E-state index in [2.05, 4.69) is 15.2 Å². The fourth-order valence-corrected chi connectivity index (χ4v) is 1.38. The molecule has 1 aromatic heterocycles. The molecule has 0 radical (unpaired) electrons. The Kier molecular flexibility index (Phi) is 2.96. The third-order valence-electron chi connectivity index (χ3n) is 2.67. The van der Waals surface area contributed by atoms with Gasteiger partial charge < -0.3 is 10.6 Å². The van der Waals surface area contributed by atoms with Gasteiger partial charge in [0.25, 0.3) is 0 Å². The van der Waals surface area contributed by atoms with E-state index in [9.17, 15) is 0 Å². The van der Waals surface area contributed by atoms with Crippen LogP contribution in [0.1, 0.15) is 6.92 Å². The number of benzene rings is 1. The van der Waals surface area contributed by atoms with Crippen LogP contribution in [-0.2, 0) is 0 Å². The second kappa shape index (κ2) is 4.40. The number of likely N-dealkylation sites (N-methyl/N-ethyl adjacent to an activating group) is 1. The summed E-state index contributed by atoms with van der Waals surface area (Å²) < 4.78 is 0. The molecule has 2 aromatic rings. The lowest BCUT2D eigenvalue weighted by molar-refractivity contribution is 0.673. The van der Waals surface area contributed by atoms with Crippen molar-refractivity contribution in [2.75, 3.05) is 18.5 Å². The number of rotatable bonds is 3. The quantitative estimate of drug-likeness (QED) is 0.824. The number of para-hydroxylation sites is 1. The molecule has 1 aromatic carbocycles. The standard InChI is InChI=1S/C11H15N5/c1-8(7-12)16(2)11-13-9-5-3-4-6-10(9)14-15-11/h3-6,8H,7,12H2,1-2H3. The molecule has 1 heterocycles. The number of aromatic nitrogens is 3. The summed E-state index contributed by atoms with van der Waals surface area (Å²) in [7, 11) is 1.92. The van der Waals surface area contributed by atoms with Crippen molar-refractivity contribution in [1.82, 2.24) is 15.2 Å². The lowest BCUT2D eigenvalue weighted by Crippen LogP contribution is -2.36. The highest BCUT2D eigenvalue weighted by Gasteiger charge is 2.11. The summed E-state index contributed by atoms with van der Waals surface area (Å²) >= 11 is 0. The first-order chi connectivity index (χ1) is 7.72. The maximum Gasteiger partial charge on any atom is 0.245 e. The van der Waals surface area contributed by atoms with E-state index in [-0.39, 0.29) is 6.04 Å². The van der Waals surface area contributed by atoms with Gasteiger partial charge in [0.2, 0.25) is 5.95 Å². The zero-order chi connectivity index (χ0) is 11.5. The van der Waals surface area contributed by atoms with E-state index in [0.717, 1.165) is 11.0 Å². The molecule has 0 bridgehead atoms. The van der Waals surface area contributed by atoms with Gasteiger partial charge in [0.05, 0.1) is 5.52 Å². The molecule has 0 spiro atoms. The van der Waals surface area contributed by atoms with Gasteiger partial charge >= 0.3 is 0 Å². The molecule has 0 fully saturated rings. The van der Waals surface area contributed by atoms with Crippen molar-refractivity contribution in [2.24, 2.45) is 5.73 Å². The van der Waals surface area contributed by atoms with Crippen molar-refractivity contribution in [1.29, 1.82) is 0 Å². The Bertz CT molecular complexity index is 485. The normalized spacial score (nSPS) is 12.7. The molecule has 1 atom stereocenters. The highest BCUT2D eigenvalue weighted by atomic mass is 15.3. The predicted molar refractivity (Wildman–Crippen MR) is 64.3 cm³/mol. The lowest BCUT2D eigenvalue weighted by Gasteiger charge is -2.22. The minimum atomic E-state index is 0.197. The molecule has 5 nitrogen and oxygen atoms in total. The van der Waals surface area contributed by atoms with Crippen LogP contribution < -0.4 is 10.6 Å². The van der Waals surface area contributed by atoms with Gasteiger partial charge in [-0.05, 0) is 19.1 Å². The zero-order valence-corrected chi connectivity index (χ0v) is 9.46. The summed E-state index contributed by atoms with van der Waals surface area (Å²) in [4.78, 5) is 6.37. The first-order valence-corrected chi connectivity index (χ1v) is 5.24. The van der Waals surface area contributed by atoms with E-state index in [1.807, 2.05) is 43.1 Å². The zero-order valence-electron chi connectivity index (χ0n) is 9.46. The van der Waals surface area contributed by atoms with Crippen molar-refractivity contribution in [3.05, 3.63) is 24.3 Å². The minimum absolute atomic E-state index is 0.197. The molecule has 5 heteroatoms. The maximum absolute atomic E-state index is 5.61. The summed E-state index contributed by atoms with van der Waals surface area (Å²) in [5.41, 5.74) is 7.26. The van der Waals surface area contributed by atoms with Crippen LogP contribution in [0.2, 0.25) is 0 Å². The number of fused-ring (bicyclic) bond motifs is 1. The topological polar surface area (TPSA) is 67.9 Å². The molecule has 0 saturated heterocycles. The fraction of sp³-hybridized carbons (Fsp3) is 0.364. The third-order valence-corrected chi connectivity index (χ3v) is 2.67. The van der Waals surface area contributed by atoms with Crippen molar-refractivity contribution in [2.45, 2.75) is 13.0 Å². The van der Waals surface area contributed by atoms with Gasteiger partial charge in [0, 0.05) is 19.6 Å². The monoisotopic (exact) mass is 217 g/mol. The highest BCUT2D eigenvalue weighted by Crippen LogP contribution is 2.12. The number of hydrogen-bond acceptors (Lipinski definition) is 5. The van der Waals surface area contributed by atoms with E-state index >= 15 is 0 Å².